The number of guanidine groups is 1. The van der Waals surface area contributed by atoms with E-state index in [-0.39, 0.29) is 5.97 Å². The number of phenolic OH excluding ortho intramolecular Hbond substituents is 1. The molecule has 0 aliphatic carbocycles. The minimum absolute atomic E-state index is 0.0935. The molecule has 0 unspecified atom stereocenters. The van der Waals surface area contributed by atoms with Gasteiger partial charge in [0.05, 0.1) is 12.3 Å². The highest BCUT2D eigenvalue weighted by molar-refractivity contribution is 5.80. The Morgan fingerprint density at radius 3 is 2.54 bits per heavy atom. The number of esters is 1. The van der Waals surface area contributed by atoms with Crippen LogP contribution in [0, 0.1) is 0 Å². The quantitative estimate of drug-likeness (QED) is 0.292. The number of rotatable bonds is 9. The maximum atomic E-state index is 11.3. The van der Waals surface area contributed by atoms with Crippen molar-refractivity contribution in [3.63, 3.8) is 0 Å². The van der Waals surface area contributed by atoms with Crippen LogP contribution in [0.2, 0.25) is 0 Å². The van der Waals surface area contributed by atoms with Gasteiger partial charge in [-0.05, 0) is 31.9 Å². The molecule has 1 aromatic carbocycles. The largest absolute Gasteiger partial charge is 0.506 e. The number of carbonyl (C=O) groups excluding carboxylic acids is 1. The Labute approximate surface area is 168 Å². The number of piperazine rings is 1. The smallest absolute Gasteiger partial charge is 0.305 e. The summed E-state index contributed by atoms with van der Waals surface area (Å²) in [6, 6.07) is 7.49. The maximum absolute atomic E-state index is 11.3. The van der Waals surface area contributed by atoms with Gasteiger partial charge in [0.15, 0.2) is 5.96 Å². The third-order valence-corrected chi connectivity index (χ3v) is 4.91. The first-order valence-corrected chi connectivity index (χ1v) is 10.3. The second kappa shape index (κ2) is 12.1. The van der Waals surface area contributed by atoms with E-state index in [0.717, 1.165) is 70.1 Å². The van der Waals surface area contributed by atoms with Gasteiger partial charge >= 0.3 is 5.97 Å². The van der Waals surface area contributed by atoms with Crippen LogP contribution in [0.4, 0.5) is 5.69 Å². The molecule has 0 aromatic heterocycles. The van der Waals surface area contributed by atoms with Crippen LogP contribution in [0.1, 0.15) is 39.0 Å². The van der Waals surface area contributed by atoms with E-state index in [1.165, 1.54) is 0 Å². The molecule has 1 aromatic rings. The predicted molar refractivity (Wildman–Crippen MR) is 113 cm³/mol. The summed E-state index contributed by atoms with van der Waals surface area (Å²) in [5, 5.41) is 13.5. The molecular weight excluding hydrogens is 356 g/mol. The highest BCUT2D eigenvalue weighted by Gasteiger charge is 2.21. The van der Waals surface area contributed by atoms with Crippen LogP contribution >= 0.6 is 0 Å². The number of hydrogen-bond acceptors (Lipinski definition) is 5. The molecule has 1 aliphatic rings. The Balaban J connectivity index is 1.63. The van der Waals surface area contributed by atoms with Crippen LogP contribution in [0.5, 0.6) is 5.75 Å². The van der Waals surface area contributed by atoms with Crippen molar-refractivity contribution in [3.8, 4) is 5.75 Å². The number of aliphatic imine (C=N–C) groups is 1. The van der Waals surface area contributed by atoms with Gasteiger partial charge in [-0.15, -0.1) is 0 Å². The van der Waals surface area contributed by atoms with Crippen molar-refractivity contribution >= 4 is 17.6 Å². The first-order valence-electron chi connectivity index (χ1n) is 10.3. The van der Waals surface area contributed by atoms with Gasteiger partial charge in [0, 0.05) is 46.2 Å². The summed E-state index contributed by atoms with van der Waals surface area (Å²) in [4.78, 5) is 20.2. The number of anilines is 1. The fourth-order valence-corrected chi connectivity index (χ4v) is 3.40. The average molecular weight is 391 g/mol. The lowest BCUT2D eigenvalue weighted by Crippen LogP contribution is -2.52. The third-order valence-electron chi connectivity index (χ3n) is 4.91. The van der Waals surface area contributed by atoms with Gasteiger partial charge in [0.1, 0.15) is 5.75 Å². The molecule has 7 heteroatoms. The molecular formula is C21H34N4O3. The van der Waals surface area contributed by atoms with Crippen LogP contribution in [0.15, 0.2) is 29.3 Å². The molecule has 7 nitrogen and oxygen atoms in total. The van der Waals surface area contributed by atoms with Crippen LogP contribution in [0.25, 0.3) is 0 Å². The predicted octanol–water partition coefficient (Wildman–Crippen LogP) is 2.60. The number of hydrogen-bond donors (Lipinski definition) is 2. The second-order valence-corrected chi connectivity index (χ2v) is 6.91. The van der Waals surface area contributed by atoms with Crippen LogP contribution in [0.3, 0.4) is 0 Å². The van der Waals surface area contributed by atoms with Crippen molar-refractivity contribution in [1.82, 2.24) is 10.2 Å². The highest BCUT2D eigenvalue weighted by atomic mass is 16.5. The molecule has 0 bridgehead atoms. The van der Waals surface area contributed by atoms with Crippen molar-refractivity contribution in [2.45, 2.75) is 39.0 Å². The lowest BCUT2D eigenvalue weighted by Gasteiger charge is -2.37. The van der Waals surface area contributed by atoms with Crippen molar-refractivity contribution in [2.24, 2.45) is 4.99 Å². The van der Waals surface area contributed by atoms with Crippen LogP contribution in [-0.2, 0) is 9.53 Å². The van der Waals surface area contributed by atoms with E-state index in [0.29, 0.717) is 18.8 Å². The van der Waals surface area contributed by atoms with E-state index >= 15 is 0 Å². The van der Waals surface area contributed by atoms with Gasteiger partial charge < -0.3 is 25.0 Å². The average Bonchev–Trinajstić information content (AvgIpc) is 2.71. The third kappa shape index (κ3) is 6.94. The van der Waals surface area contributed by atoms with Crippen molar-refractivity contribution in [2.75, 3.05) is 51.3 Å². The van der Waals surface area contributed by atoms with Crippen LogP contribution in [-0.4, -0.2) is 68.3 Å². The minimum atomic E-state index is -0.0935. The number of para-hydroxylation sites is 2. The highest BCUT2D eigenvalue weighted by Crippen LogP contribution is 2.27. The fraction of sp³-hybridized carbons (Fsp3) is 0.619. The molecule has 1 aliphatic heterocycles. The van der Waals surface area contributed by atoms with E-state index in [9.17, 15) is 9.90 Å². The van der Waals surface area contributed by atoms with Crippen molar-refractivity contribution in [3.05, 3.63) is 24.3 Å². The fourth-order valence-electron chi connectivity index (χ4n) is 3.40. The van der Waals surface area contributed by atoms with Gasteiger partial charge in [-0.2, -0.15) is 0 Å². The van der Waals surface area contributed by atoms with E-state index in [4.69, 9.17) is 4.74 Å². The molecule has 2 rings (SSSR count). The maximum Gasteiger partial charge on any atom is 0.305 e. The number of aromatic hydroxyl groups is 1. The molecule has 2 N–H and O–H groups in total. The number of nitrogens with zero attached hydrogens (tertiary/aromatic N) is 3. The van der Waals surface area contributed by atoms with Crippen molar-refractivity contribution < 1.29 is 14.6 Å². The summed E-state index contributed by atoms with van der Waals surface area (Å²) in [5.74, 6) is 1.17. The topological polar surface area (TPSA) is 77.4 Å². The molecule has 1 fully saturated rings. The van der Waals surface area contributed by atoms with E-state index in [1.54, 1.807) is 6.07 Å². The molecule has 0 spiro atoms. The summed E-state index contributed by atoms with van der Waals surface area (Å²) >= 11 is 0. The number of carbonyl (C=O) groups is 1. The van der Waals surface area contributed by atoms with E-state index in [2.05, 4.69) is 20.1 Å². The van der Waals surface area contributed by atoms with Gasteiger partial charge in [0.25, 0.3) is 0 Å². The number of benzene rings is 1. The van der Waals surface area contributed by atoms with E-state index < -0.39 is 0 Å². The Bertz CT molecular complexity index is 628. The van der Waals surface area contributed by atoms with Crippen LogP contribution < -0.4 is 10.2 Å². The number of unbranched alkanes of at least 4 members (excludes halogenated alkanes) is 3. The Morgan fingerprint density at radius 2 is 1.86 bits per heavy atom. The summed E-state index contributed by atoms with van der Waals surface area (Å²) in [7, 11) is 1.82. The Hall–Kier alpha value is -2.44. The zero-order valence-electron chi connectivity index (χ0n) is 17.2. The van der Waals surface area contributed by atoms with Crippen molar-refractivity contribution in [1.29, 1.82) is 0 Å². The van der Waals surface area contributed by atoms with Gasteiger partial charge in [0.2, 0.25) is 0 Å². The monoisotopic (exact) mass is 390 g/mol. The lowest BCUT2D eigenvalue weighted by molar-refractivity contribution is -0.143. The summed E-state index contributed by atoms with van der Waals surface area (Å²) in [6.07, 6.45) is 4.59. The van der Waals surface area contributed by atoms with Gasteiger partial charge in [-0.1, -0.05) is 25.0 Å². The number of phenols is 1. The first-order chi connectivity index (χ1) is 13.7. The summed E-state index contributed by atoms with van der Waals surface area (Å²) in [5.41, 5.74) is 0.896. The molecule has 1 heterocycles. The molecule has 0 amide bonds. The molecule has 1 saturated heterocycles. The van der Waals surface area contributed by atoms with Gasteiger partial charge in [-0.25, -0.2) is 0 Å². The first kappa shape index (κ1) is 21.9. The SMILES string of the molecule is CCOC(=O)CCCCCCNC(=NC)N1CCN(c2ccccc2O)CC1. The normalized spacial score (nSPS) is 14.9. The Morgan fingerprint density at radius 1 is 1.14 bits per heavy atom. The Kier molecular flexibility index (Phi) is 9.45. The second-order valence-electron chi connectivity index (χ2n) is 6.91. The molecule has 0 atom stereocenters. The molecule has 156 valence electrons. The zero-order valence-corrected chi connectivity index (χ0v) is 17.2. The summed E-state index contributed by atoms with van der Waals surface area (Å²) in [6.45, 7) is 6.62. The molecule has 28 heavy (non-hydrogen) atoms. The van der Waals surface area contributed by atoms with E-state index in [1.807, 2.05) is 32.2 Å². The summed E-state index contributed by atoms with van der Waals surface area (Å²) < 4.78 is 4.94. The minimum Gasteiger partial charge on any atom is -0.506 e. The lowest BCUT2D eigenvalue weighted by atomic mass is 10.1. The molecule has 0 saturated carbocycles. The molecule has 0 radical (unpaired) electrons. The standard InChI is InChI=1S/C21H34N4O3/c1-3-28-20(27)12-6-4-5-9-13-23-21(22-2)25-16-14-24(15-17-25)18-10-7-8-11-19(18)26/h7-8,10-11,26H,3-6,9,12-17H2,1-2H3,(H,22,23). The number of nitrogens with one attached hydrogen (secondary N) is 1. The van der Waals surface area contributed by atoms with Gasteiger partial charge in [-0.3, -0.25) is 9.79 Å². The number of ether oxygens (including phenoxy) is 1. The zero-order chi connectivity index (χ0) is 20.2.